The predicted molar refractivity (Wildman–Crippen MR) is 286 cm³/mol. The Kier molecular flexibility index (Phi) is 21.5. The summed E-state index contributed by atoms with van der Waals surface area (Å²) in [6.07, 6.45) is 4.43. The minimum Gasteiger partial charge on any atom is -0.378 e. The summed E-state index contributed by atoms with van der Waals surface area (Å²) in [7, 11) is 0. The maximum Gasteiger partial charge on any atom is 0.264 e. The summed E-state index contributed by atoms with van der Waals surface area (Å²) in [6.45, 7) is 8.68. The third kappa shape index (κ3) is 16.3. The van der Waals surface area contributed by atoms with Crippen LogP contribution in [0.3, 0.4) is 0 Å². The van der Waals surface area contributed by atoms with Gasteiger partial charge >= 0.3 is 0 Å². The van der Waals surface area contributed by atoms with E-state index in [0.29, 0.717) is 108 Å². The molecule has 74 heavy (non-hydrogen) atoms. The van der Waals surface area contributed by atoms with E-state index in [4.69, 9.17) is 35.3 Å². The Labute approximate surface area is 441 Å². The number of anilines is 2. The fraction of sp³-hybridized carbons (Fsp3) is 0.393. The van der Waals surface area contributed by atoms with Gasteiger partial charge in [-0.2, -0.15) is 5.26 Å². The molecule has 5 aromatic rings. The predicted octanol–water partition coefficient (Wildman–Crippen LogP) is 7.93. The van der Waals surface area contributed by atoms with Crippen molar-refractivity contribution in [3.05, 3.63) is 141 Å². The normalized spacial score (nSPS) is 17.5. The first kappa shape index (κ1) is 55.3. The minimum absolute atomic E-state index is 0.00155. The highest BCUT2D eigenvalue weighted by atomic mass is 35.5. The van der Waals surface area contributed by atoms with Crippen LogP contribution in [0.5, 0.6) is 0 Å². The second kappa shape index (κ2) is 28.8. The van der Waals surface area contributed by atoms with Gasteiger partial charge in [0.15, 0.2) is 0 Å². The number of halogens is 1. The number of aromatic nitrogens is 1. The van der Waals surface area contributed by atoms with Gasteiger partial charge in [-0.3, -0.25) is 19.2 Å². The summed E-state index contributed by atoms with van der Waals surface area (Å²) in [5, 5.41) is 22.3. The van der Waals surface area contributed by atoms with Crippen molar-refractivity contribution in [2.45, 2.75) is 44.7 Å². The topological polar surface area (TPSA) is 194 Å². The molecule has 2 unspecified atom stereocenters. The maximum atomic E-state index is 13.5. The first-order valence-electron chi connectivity index (χ1n) is 24.9. The van der Waals surface area contributed by atoms with Gasteiger partial charge in [0, 0.05) is 78.6 Å². The number of nitriles is 1. The molecule has 0 spiro atoms. The lowest BCUT2D eigenvalue weighted by Gasteiger charge is -2.39. The molecule has 3 heterocycles. The zero-order chi connectivity index (χ0) is 52.1. The van der Waals surface area contributed by atoms with E-state index in [1.54, 1.807) is 35.5 Å². The van der Waals surface area contributed by atoms with Crippen LogP contribution in [0.1, 0.15) is 65.1 Å². The Morgan fingerprint density at radius 2 is 1.39 bits per heavy atom. The van der Waals surface area contributed by atoms with Crippen LogP contribution in [-0.2, 0) is 38.1 Å². The van der Waals surface area contributed by atoms with E-state index in [1.807, 2.05) is 89.8 Å². The third-order valence-electron chi connectivity index (χ3n) is 12.7. The fourth-order valence-corrected chi connectivity index (χ4v) is 9.79. The third-order valence-corrected chi connectivity index (χ3v) is 13.7. The molecule has 0 radical (unpaired) electrons. The Morgan fingerprint density at radius 1 is 0.770 bits per heavy atom. The Balaban J connectivity index is 0.698. The molecule has 0 aliphatic carbocycles. The number of hydrogen-bond donors (Lipinski definition) is 3. The highest BCUT2D eigenvalue weighted by molar-refractivity contribution is 7.10. The summed E-state index contributed by atoms with van der Waals surface area (Å²) in [6, 6.07) is 33.1. The van der Waals surface area contributed by atoms with Gasteiger partial charge in [-0.15, -0.1) is 11.3 Å². The fourth-order valence-electron chi connectivity index (χ4n) is 9.10. The number of nitrogens with one attached hydrogen (secondary N) is 3. The van der Waals surface area contributed by atoms with E-state index < -0.39 is 11.8 Å². The monoisotopic (exact) mass is 1050 g/mol. The number of thiazole rings is 1. The summed E-state index contributed by atoms with van der Waals surface area (Å²) >= 11 is 7.47. The number of likely N-dealkylation sites (tertiary alicyclic amines) is 1. The summed E-state index contributed by atoms with van der Waals surface area (Å²) in [5.41, 5.74) is 6.37. The molecule has 2 aliphatic heterocycles. The smallest absolute Gasteiger partial charge is 0.264 e. The van der Waals surface area contributed by atoms with Gasteiger partial charge in [-0.05, 0) is 96.6 Å². The van der Waals surface area contributed by atoms with Crippen molar-refractivity contribution < 1.29 is 42.9 Å². The van der Waals surface area contributed by atoms with E-state index >= 15 is 0 Å². The van der Waals surface area contributed by atoms with Crippen LogP contribution in [0, 0.1) is 17.2 Å². The zero-order valence-corrected chi connectivity index (χ0v) is 43.4. The molecule has 18 heteroatoms. The summed E-state index contributed by atoms with van der Waals surface area (Å²) in [5.74, 6) is -1.28. The van der Waals surface area contributed by atoms with Gasteiger partial charge in [-0.25, -0.2) is 4.98 Å². The largest absolute Gasteiger partial charge is 0.378 e. The van der Waals surface area contributed by atoms with Gasteiger partial charge in [0.1, 0.15) is 16.6 Å². The quantitative estimate of drug-likeness (QED) is 0.0276. The number of hydrogen-bond acceptors (Lipinski definition) is 13. The number of nitrogens with zero attached hydrogens (tertiary/aromatic N) is 4. The first-order valence-corrected chi connectivity index (χ1v) is 26.2. The van der Waals surface area contributed by atoms with Crippen LogP contribution in [0.2, 0.25) is 5.02 Å². The van der Waals surface area contributed by atoms with E-state index in [-0.39, 0.29) is 47.8 Å². The summed E-state index contributed by atoms with van der Waals surface area (Å²) < 4.78 is 28.1. The molecule has 1 aromatic heterocycles. The van der Waals surface area contributed by atoms with Crippen molar-refractivity contribution in [2.75, 3.05) is 102 Å². The molecule has 3 N–H and O–H groups in total. The van der Waals surface area contributed by atoms with E-state index in [2.05, 4.69) is 33.9 Å². The Morgan fingerprint density at radius 3 is 2.00 bits per heavy atom. The molecule has 2 aliphatic rings. The molecule has 7 rings (SSSR count). The maximum absolute atomic E-state index is 13.5. The molecule has 4 atom stereocenters. The standard InChI is InChI=1S/C56H64ClN7O9S/c1-39-32-51(62-49-15-13-48(57)14-16-49)50-34-44(12-17-52(50)64(39)40(2)65)42-8-10-43(11-9-42)54(66)60-18-21-69-23-25-71-27-29-73-30-28-72-26-24-70-22-19-61-55(67)47-33-46(41-6-4-3-5-7-41)37-63(38-47)56(68)45(36-58)35-53-59-20-31-74-53/h3-17,20,31,34-35,39,46-47,51,62H,18-19,21-30,32-33,37-38H2,1-2H3,(H,60,66)(H,61,67)/b45-35+/t39-,46?,47?,51+/m0/s1. The van der Waals surface area contributed by atoms with Crippen molar-refractivity contribution in [3.63, 3.8) is 0 Å². The molecule has 390 valence electrons. The van der Waals surface area contributed by atoms with Crippen molar-refractivity contribution in [1.82, 2.24) is 20.5 Å². The zero-order valence-electron chi connectivity index (χ0n) is 41.8. The van der Waals surface area contributed by atoms with Gasteiger partial charge in [0.05, 0.1) is 78.0 Å². The molecule has 0 saturated carbocycles. The molecule has 4 amide bonds. The van der Waals surface area contributed by atoms with Gasteiger partial charge < -0.3 is 49.4 Å². The van der Waals surface area contributed by atoms with E-state index in [0.717, 1.165) is 40.0 Å². The van der Waals surface area contributed by atoms with E-state index in [1.165, 1.54) is 17.4 Å². The Bertz CT molecular complexity index is 2670. The summed E-state index contributed by atoms with van der Waals surface area (Å²) in [4.78, 5) is 60.0. The lowest BCUT2D eigenvalue weighted by molar-refractivity contribution is -0.133. The molecule has 1 fully saturated rings. The SMILES string of the molecule is CC(=O)N1c2ccc(-c3ccc(C(=O)NCCOCCOCCOCCOCCOCCNC(=O)C4CC(c5ccccc5)CN(C(=O)/C(C#N)=C/c5nccs5)C4)cc3)cc2[C@H](Nc2ccc(Cl)cc2)C[C@@H]1C. The number of carbonyl (C=O) groups is 4. The lowest BCUT2D eigenvalue weighted by atomic mass is 9.83. The Hall–Kier alpha value is -6.49. The second-order valence-corrected chi connectivity index (χ2v) is 19.3. The number of fused-ring (bicyclic) bond motifs is 1. The van der Waals surface area contributed by atoms with Crippen LogP contribution in [0.4, 0.5) is 11.4 Å². The van der Waals surface area contributed by atoms with Crippen LogP contribution in [0.15, 0.2) is 114 Å². The first-order chi connectivity index (χ1) is 36.1. The van der Waals surface area contributed by atoms with Crippen molar-refractivity contribution >= 4 is 64.0 Å². The molecule has 16 nitrogen and oxygen atoms in total. The number of rotatable bonds is 26. The minimum atomic E-state index is -0.452. The number of benzene rings is 4. The van der Waals surface area contributed by atoms with E-state index in [9.17, 15) is 24.4 Å². The lowest BCUT2D eigenvalue weighted by Crippen LogP contribution is -2.48. The molecular weight excluding hydrogens is 982 g/mol. The van der Waals surface area contributed by atoms with Gasteiger partial charge in [0.25, 0.3) is 11.8 Å². The number of piperidine rings is 1. The average molecular weight is 1050 g/mol. The molecule has 4 aromatic carbocycles. The van der Waals surface area contributed by atoms with Gasteiger partial charge in [0.2, 0.25) is 11.8 Å². The highest BCUT2D eigenvalue weighted by Crippen LogP contribution is 2.41. The van der Waals surface area contributed by atoms with Crippen LogP contribution < -0.4 is 20.9 Å². The number of carbonyl (C=O) groups excluding carboxylic acids is 4. The van der Waals surface area contributed by atoms with Crippen LogP contribution in [-0.4, -0.2) is 132 Å². The van der Waals surface area contributed by atoms with Crippen molar-refractivity contribution in [2.24, 2.45) is 5.92 Å². The molecule has 0 bridgehead atoms. The average Bonchev–Trinajstić information content (AvgIpc) is 3.94. The second-order valence-electron chi connectivity index (χ2n) is 17.9. The number of amides is 4. The van der Waals surface area contributed by atoms with Crippen LogP contribution in [0.25, 0.3) is 17.2 Å². The van der Waals surface area contributed by atoms with Crippen molar-refractivity contribution in [1.29, 1.82) is 5.26 Å². The molecular formula is C56H64ClN7O9S. The van der Waals surface area contributed by atoms with Crippen molar-refractivity contribution in [3.8, 4) is 17.2 Å². The number of ether oxygens (including phenoxy) is 5. The molecule has 1 saturated heterocycles. The highest BCUT2D eigenvalue weighted by Gasteiger charge is 2.36. The van der Waals surface area contributed by atoms with Gasteiger partial charge in [-0.1, -0.05) is 60.1 Å². The van der Waals surface area contributed by atoms with Crippen LogP contribution >= 0.6 is 22.9 Å².